The second-order valence-corrected chi connectivity index (χ2v) is 5.31. The molecule has 0 aromatic carbocycles. The van der Waals surface area contributed by atoms with Crippen LogP contribution in [-0.2, 0) is 0 Å². The molecule has 1 aliphatic rings. The summed E-state index contributed by atoms with van der Waals surface area (Å²) in [4.78, 5) is 18.2. The van der Waals surface area contributed by atoms with Gasteiger partial charge in [-0.15, -0.1) is 0 Å². The maximum Gasteiger partial charge on any atom is 0.272 e. The highest BCUT2D eigenvalue weighted by atomic mass is 35.5. The Kier molecular flexibility index (Phi) is 4.19. The predicted molar refractivity (Wildman–Crippen MR) is 71.5 cm³/mol. The SMILES string of the molecule is CC(N)C1CCCN(C(=O)c2ccc(Cl)cn2)C1. The van der Waals surface area contributed by atoms with Gasteiger partial charge in [0.15, 0.2) is 0 Å². The minimum absolute atomic E-state index is 0.0305. The summed E-state index contributed by atoms with van der Waals surface area (Å²) in [5, 5.41) is 0.540. The number of amides is 1. The molecule has 2 rings (SSSR count). The van der Waals surface area contributed by atoms with Crippen molar-refractivity contribution in [1.82, 2.24) is 9.88 Å². The van der Waals surface area contributed by atoms with Crippen molar-refractivity contribution >= 4 is 17.5 Å². The predicted octanol–water partition coefficient (Wildman–Crippen LogP) is 1.93. The molecule has 2 atom stereocenters. The van der Waals surface area contributed by atoms with Crippen molar-refractivity contribution in [3.05, 3.63) is 29.0 Å². The smallest absolute Gasteiger partial charge is 0.272 e. The molecule has 1 aliphatic heterocycles. The van der Waals surface area contributed by atoms with Crippen LogP contribution in [0.2, 0.25) is 5.02 Å². The molecule has 1 saturated heterocycles. The summed E-state index contributed by atoms with van der Waals surface area (Å²) in [6.07, 6.45) is 3.60. The molecule has 0 bridgehead atoms. The van der Waals surface area contributed by atoms with Crippen LogP contribution >= 0.6 is 11.6 Å². The molecule has 18 heavy (non-hydrogen) atoms. The second-order valence-electron chi connectivity index (χ2n) is 4.87. The fourth-order valence-corrected chi connectivity index (χ4v) is 2.40. The third kappa shape index (κ3) is 3.00. The number of aromatic nitrogens is 1. The molecule has 1 aromatic heterocycles. The monoisotopic (exact) mass is 267 g/mol. The lowest BCUT2D eigenvalue weighted by molar-refractivity contribution is 0.0655. The third-order valence-corrected chi connectivity index (χ3v) is 3.66. The first kappa shape index (κ1) is 13.3. The van der Waals surface area contributed by atoms with E-state index in [0.717, 1.165) is 25.9 Å². The number of pyridine rings is 1. The van der Waals surface area contributed by atoms with Crippen LogP contribution in [0.3, 0.4) is 0 Å². The van der Waals surface area contributed by atoms with Crippen LogP contribution in [0.25, 0.3) is 0 Å². The van der Waals surface area contributed by atoms with Crippen molar-refractivity contribution in [3.8, 4) is 0 Å². The Morgan fingerprint density at radius 3 is 3.00 bits per heavy atom. The molecule has 0 radical (unpaired) electrons. The number of nitrogens with zero attached hydrogens (tertiary/aromatic N) is 2. The van der Waals surface area contributed by atoms with Crippen LogP contribution in [0.4, 0.5) is 0 Å². The Balaban J connectivity index is 2.06. The van der Waals surface area contributed by atoms with Crippen LogP contribution in [0.15, 0.2) is 18.3 Å². The molecule has 2 unspecified atom stereocenters. The summed E-state index contributed by atoms with van der Waals surface area (Å²) in [6.45, 7) is 3.51. The van der Waals surface area contributed by atoms with E-state index in [1.165, 1.54) is 6.20 Å². The summed E-state index contributed by atoms with van der Waals surface area (Å²) >= 11 is 5.76. The van der Waals surface area contributed by atoms with Gasteiger partial charge in [-0.05, 0) is 37.8 Å². The highest BCUT2D eigenvalue weighted by Crippen LogP contribution is 2.20. The van der Waals surface area contributed by atoms with Gasteiger partial charge in [-0.1, -0.05) is 11.6 Å². The molecule has 2 N–H and O–H groups in total. The number of likely N-dealkylation sites (tertiary alicyclic amines) is 1. The summed E-state index contributed by atoms with van der Waals surface area (Å²) in [6, 6.07) is 3.48. The quantitative estimate of drug-likeness (QED) is 0.891. The molecule has 0 spiro atoms. The van der Waals surface area contributed by atoms with Crippen molar-refractivity contribution < 1.29 is 4.79 Å². The van der Waals surface area contributed by atoms with E-state index in [1.807, 2.05) is 11.8 Å². The van der Waals surface area contributed by atoms with Gasteiger partial charge >= 0.3 is 0 Å². The summed E-state index contributed by atoms with van der Waals surface area (Å²) in [5.74, 6) is 0.354. The van der Waals surface area contributed by atoms with Gasteiger partial charge in [0.2, 0.25) is 0 Å². The Morgan fingerprint density at radius 2 is 2.39 bits per heavy atom. The Morgan fingerprint density at radius 1 is 1.61 bits per heavy atom. The molecule has 2 heterocycles. The maximum absolute atomic E-state index is 12.3. The fraction of sp³-hybridized carbons (Fsp3) is 0.538. The number of hydrogen-bond donors (Lipinski definition) is 1. The molecule has 4 nitrogen and oxygen atoms in total. The van der Waals surface area contributed by atoms with Crippen molar-refractivity contribution in [2.24, 2.45) is 11.7 Å². The molecule has 0 saturated carbocycles. The van der Waals surface area contributed by atoms with Crippen molar-refractivity contribution in [2.45, 2.75) is 25.8 Å². The number of rotatable bonds is 2. The highest BCUT2D eigenvalue weighted by molar-refractivity contribution is 6.30. The average Bonchev–Trinajstić information content (AvgIpc) is 2.39. The van der Waals surface area contributed by atoms with E-state index in [2.05, 4.69) is 4.98 Å². The zero-order chi connectivity index (χ0) is 13.1. The molecule has 1 fully saturated rings. The Hall–Kier alpha value is -1.13. The highest BCUT2D eigenvalue weighted by Gasteiger charge is 2.26. The lowest BCUT2D eigenvalue weighted by atomic mass is 9.92. The summed E-state index contributed by atoms with van der Waals surface area (Å²) < 4.78 is 0. The van der Waals surface area contributed by atoms with Gasteiger partial charge in [0.25, 0.3) is 5.91 Å². The molecule has 1 aromatic rings. The largest absolute Gasteiger partial charge is 0.337 e. The number of carbonyl (C=O) groups is 1. The average molecular weight is 268 g/mol. The zero-order valence-electron chi connectivity index (χ0n) is 10.5. The minimum Gasteiger partial charge on any atom is -0.337 e. The van der Waals surface area contributed by atoms with E-state index in [-0.39, 0.29) is 11.9 Å². The fourth-order valence-electron chi connectivity index (χ4n) is 2.29. The molecular formula is C13H18ClN3O. The van der Waals surface area contributed by atoms with Crippen LogP contribution in [0, 0.1) is 5.92 Å². The number of piperidine rings is 1. The first-order valence-corrected chi connectivity index (χ1v) is 6.62. The van der Waals surface area contributed by atoms with Gasteiger partial charge in [0, 0.05) is 25.3 Å². The number of carbonyl (C=O) groups excluding carboxylic acids is 1. The minimum atomic E-state index is -0.0305. The van der Waals surface area contributed by atoms with Crippen LogP contribution < -0.4 is 5.73 Å². The molecular weight excluding hydrogens is 250 g/mol. The van der Waals surface area contributed by atoms with E-state index in [0.29, 0.717) is 16.6 Å². The van der Waals surface area contributed by atoms with Gasteiger partial charge in [-0.25, -0.2) is 4.98 Å². The second kappa shape index (κ2) is 5.67. The van der Waals surface area contributed by atoms with Crippen molar-refractivity contribution in [3.63, 3.8) is 0 Å². The van der Waals surface area contributed by atoms with E-state index in [1.54, 1.807) is 12.1 Å². The van der Waals surface area contributed by atoms with E-state index >= 15 is 0 Å². The maximum atomic E-state index is 12.3. The molecule has 0 aliphatic carbocycles. The van der Waals surface area contributed by atoms with Gasteiger partial charge in [-0.2, -0.15) is 0 Å². The number of hydrogen-bond acceptors (Lipinski definition) is 3. The Bertz CT molecular complexity index is 419. The summed E-state index contributed by atoms with van der Waals surface area (Å²) in [7, 11) is 0. The molecule has 5 heteroatoms. The normalized spacial score (nSPS) is 21.7. The van der Waals surface area contributed by atoms with Gasteiger partial charge in [0.05, 0.1) is 5.02 Å². The van der Waals surface area contributed by atoms with E-state index in [4.69, 9.17) is 17.3 Å². The van der Waals surface area contributed by atoms with E-state index in [9.17, 15) is 4.79 Å². The lowest BCUT2D eigenvalue weighted by Crippen LogP contribution is -2.45. The first-order valence-electron chi connectivity index (χ1n) is 6.24. The van der Waals surface area contributed by atoms with Gasteiger partial charge < -0.3 is 10.6 Å². The van der Waals surface area contributed by atoms with Crippen LogP contribution in [-0.4, -0.2) is 34.9 Å². The van der Waals surface area contributed by atoms with Crippen molar-refractivity contribution in [1.29, 1.82) is 0 Å². The topological polar surface area (TPSA) is 59.2 Å². The molecule has 1 amide bonds. The first-order chi connectivity index (χ1) is 8.58. The lowest BCUT2D eigenvalue weighted by Gasteiger charge is -2.34. The van der Waals surface area contributed by atoms with Gasteiger partial charge in [-0.3, -0.25) is 4.79 Å². The zero-order valence-corrected chi connectivity index (χ0v) is 11.2. The van der Waals surface area contributed by atoms with Crippen molar-refractivity contribution in [2.75, 3.05) is 13.1 Å². The van der Waals surface area contributed by atoms with Crippen LogP contribution in [0.1, 0.15) is 30.3 Å². The standard InChI is InChI=1S/C13H18ClN3O/c1-9(15)10-3-2-6-17(8-10)13(18)12-5-4-11(14)7-16-12/h4-5,7,9-10H,2-3,6,8,15H2,1H3. The third-order valence-electron chi connectivity index (χ3n) is 3.44. The van der Waals surface area contributed by atoms with Crippen LogP contribution in [0.5, 0.6) is 0 Å². The van der Waals surface area contributed by atoms with Gasteiger partial charge in [0.1, 0.15) is 5.69 Å². The number of nitrogens with two attached hydrogens (primary N) is 1. The number of halogens is 1. The Labute approximate surface area is 112 Å². The summed E-state index contributed by atoms with van der Waals surface area (Å²) in [5.41, 5.74) is 6.37. The molecule has 98 valence electrons. The van der Waals surface area contributed by atoms with E-state index < -0.39 is 0 Å².